The van der Waals surface area contributed by atoms with E-state index in [1.165, 1.54) is 0 Å². The zero-order valence-electron chi connectivity index (χ0n) is 12.2. The zero-order valence-corrected chi connectivity index (χ0v) is 12.2. The molecule has 2 aromatic carbocycles. The lowest BCUT2D eigenvalue weighted by Crippen LogP contribution is -2.04. The van der Waals surface area contributed by atoms with E-state index in [2.05, 4.69) is 6.07 Å². The van der Waals surface area contributed by atoms with Gasteiger partial charge in [0, 0.05) is 6.04 Å². The van der Waals surface area contributed by atoms with Crippen LogP contribution in [-0.2, 0) is 6.61 Å². The topological polar surface area (TPSA) is 68.3 Å². The molecule has 0 spiro atoms. The highest BCUT2D eigenvalue weighted by molar-refractivity contribution is 5.45. The molecule has 0 saturated carbocycles. The van der Waals surface area contributed by atoms with Crippen molar-refractivity contribution in [1.29, 1.82) is 5.26 Å². The van der Waals surface area contributed by atoms with Gasteiger partial charge in [0.25, 0.3) is 0 Å². The molecule has 21 heavy (non-hydrogen) atoms. The van der Waals surface area contributed by atoms with Crippen LogP contribution < -0.4 is 15.2 Å². The normalized spacial score (nSPS) is 11.5. The van der Waals surface area contributed by atoms with E-state index in [4.69, 9.17) is 20.5 Å². The minimum absolute atomic E-state index is 0.0128. The molecule has 0 aliphatic heterocycles. The fraction of sp³-hybridized carbons (Fsp3) is 0.235. The lowest BCUT2D eigenvalue weighted by Gasteiger charge is -2.10. The van der Waals surface area contributed by atoms with Crippen molar-refractivity contribution in [2.75, 3.05) is 7.11 Å². The van der Waals surface area contributed by atoms with Crippen molar-refractivity contribution >= 4 is 0 Å². The summed E-state index contributed by atoms with van der Waals surface area (Å²) in [4.78, 5) is 0. The number of benzene rings is 2. The van der Waals surface area contributed by atoms with E-state index in [1.54, 1.807) is 19.2 Å². The summed E-state index contributed by atoms with van der Waals surface area (Å²) in [6.07, 6.45) is 0. The molecule has 0 fully saturated rings. The van der Waals surface area contributed by atoms with Gasteiger partial charge in [-0.2, -0.15) is 5.26 Å². The van der Waals surface area contributed by atoms with E-state index in [-0.39, 0.29) is 6.04 Å². The second-order valence-electron chi connectivity index (χ2n) is 4.79. The first-order chi connectivity index (χ1) is 10.1. The van der Waals surface area contributed by atoms with Crippen LogP contribution in [0.1, 0.15) is 29.7 Å². The molecular formula is C17H18N2O2. The molecule has 0 bridgehead atoms. The maximum absolute atomic E-state index is 9.06. The van der Waals surface area contributed by atoms with Crippen molar-refractivity contribution in [2.45, 2.75) is 19.6 Å². The second-order valence-corrected chi connectivity index (χ2v) is 4.79. The number of nitriles is 1. The summed E-state index contributed by atoms with van der Waals surface area (Å²) >= 11 is 0. The number of nitrogens with zero attached hydrogens (tertiary/aromatic N) is 1. The third kappa shape index (κ3) is 3.74. The Morgan fingerprint density at radius 3 is 2.48 bits per heavy atom. The van der Waals surface area contributed by atoms with Crippen molar-refractivity contribution < 1.29 is 9.47 Å². The molecule has 0 aliphatic carbocycles. The van der Waals surface area contributed by atoms with Crippen LogP contribution >= 0.6 is 0 Å². The molecule has 108 valence electrons. The minimum atomic E-state index is 0.0128. The van der Waals surface area contributed by atoms with E-state index < -0.39 is 0 Å². The van der Waals surface area contributed by atoms with Gasteiger partial charge in [-0.15, -0.1) is 0 Å². The third-order valence-electron chi connectivity index (χ3n) is 3.20. The Hall–Kier alpha value is -2.51. The summed E-state index contributed by atoms with van der Waals surface area (Å²) in [5, 5.41) is 9.06. The summed E-state index contributed by atoms with van der Waals surface area (Å²) in [5.74, 6) is 1.34. The van der Waals surface area contributed by atoms with Crippen LogP contribution in [0.2, 0.25) is 0 Å². The highest BCUT2D eigenvalue weighted by Crippen LogP contribution is 2.21. The molecule has 0 saturated heterocycles. The van der Waals surface area contributed by atoms with Gasteiger partial charge in [-0.05, 0) is 42.3 Å². The van der Waals surface area contributed by atoms with Gasteiger partial charge in [-0.25, -0.2) is 0 Å². The van der Waals surface area contributed by atoms with E-state index in [0.717, 1.165) is 16.9 Å². The number of rotatable bonds is 5. The lowest BCUT2D eigenvalue weighted by atomic mass is 10.1. The van der Waals surface area contributed by atoms with Gasteiger partial charge in [0.1, 0.15) is 24.2 Å². The molecule has 1 unspecified atom stereocenters. The summed E-state index contributed by atoms with van der Waals surface area (Å²) in [7, 11) is 1.55. The molecule has 4 heteroatoms. The molecule has 1 atom stereocenters. The molecule has 0 aromatic heterocycles. The summed E-state index contributed by atoms with van der Waals surface area (Å²) in [6.45, 7) is 2.34. The number of methoxy groups -OCH3 is 1. The van der Waals surface area contributed by atoms with Crippen LogP contribution in [0.25, 0.3) is 0 Å². The first-order valence-electron chi connectivity index (χ1n) is 6.69. The average molecular weight is 282 g/mol. The van der Waals surface area contributed by atoms with Crippen molar-refractivity contribution in [1.82, 2.24) is 0 Å². The molecule has 0 heterocycles. The van der Waals surface area contributed by atoms with Gasteiger partial charge in [-0.1, -0.05) is 18.2 Å². The molecule has 4 nitrogen and oxygen atoms in total. The number of hydrogen-bond acceptors (Lipinski definition) is 4. The Bertz CT molecular complexity index is 643. The minimum Gasteiger partial charge on any atom is -0.495 e. The highest BCUT2D eigenvalue weighted by atomic mass is 16.5. The Morgan fingerprint density at radius 2 is 1.90 bits per heavy atom. The quantitative estimate of drug-likeness (QED) is 0.914. The zero-order chi connectivity index (χ0) is 15.2. The van der Waals surface area contributed by atoms with Crippen molar-refractivity contribution in [3.05, 3.63) is 59.2 Å². The second kappa shape index (κ2) is 6.78. The maximum Gasteiger partial charge on any atom is 0.136 e. The Kier molecular flexibility index (Phi) is 4.81. The van der Waals surface area contributed by atoms with Gasteiger partial charge in [0.05, 0.1) is 12.7 Å². The van der Waals surface area contributed by atoms with E-state index >= 15 is 0 Å². The Labute approximate surface area is 124 Å². The molecule has 0 radical (unpaired) electrons. The fourth-order valence-corrected chi connectivity index (χ4v) is 1.97. The van der Waals surface area contributed by atoms with Crippen LogP contribution in [0, 0.1) is 11.3 Å². The predicted octanol–water partition coefficient (Wildman–Crippen LogP) is 3.17. The van der Waals surface area contributed by atoms with Crippen molar-refractivity contribution in [3.63, 3.8) is 0 Å². The lowest BCUT2D eigenvalue weighted by molar-refractivity contribution is 0.306. The summed E-state index contributed by atoms with van der Waals surface area (Å²) in [5.41, 5.74) is 8.30. The molecule has 0 aliphatic rings. The molecule has 2 aromatic rings. The van der Waals surface area contributed by atoms with Crippen LogP contribution in [0.3, 0.4) is 0 Å². The van der Waals surface area contributed by atoms with Crippen LogP contribution in [0.4, 0.5) is 0 Å². The summed E-state index contributed by atoms with van der Waals surface area (Å²) in [6, 6.07) is 15.3. The monoisotopic (exact) mass is 282 g/mol. The fourth-order valence-electron chi connectivity index (χ4n) is 1.97. The Balaban J connectivity index is 2.04. The largest absolute Gasteiger partial charge is 0.495 e. The van der Waals surface area contributed by atoms with Crippen LogP contribution in [-0.4, -0.2) is 7.11 Å². The van der Waals surface area contributed by atoms with E-state index in [1.807, 2.05) is 37.3 Å². The Morgan fingerprint density at radius 1 is 1.19 bits per heavy atom. The predicted molar refractivity (Wildman–Crippen MR) is 81.1 cm³/mol. The van der Waals surface area contributed by atoms with Crippen LogP contribution in [0.5, 0.6) is 11.5 Å². The number of ether oxygens (including phenoxy) is 2. The van der Waals surface area contributed by atoms with Gasteiger partial charge in [0.15, 0.2) is 0 Å². The first-order valence-corrected chi connectivity index (χ1v) is 6.69. The van der Waals surface area contributed by atoms with E-state index in [0.29, 0.717) is 17.9 Å². The first kappa shape index (κ1) is 14.9. The van der Waals surface area contributed by atoms with Gasteiger partial charge >= 0.3 is 0 Å². The molecule has 0 amide bonds. The van der Waals surface area contributed by atoms with Crippen molar-refractivity contribution in [2.24, 2.45) is 5.73 Å². The number of hydrogen-bond donors (Lipinski definition) is 1. The highest BCUT2D eigenvalue weighted by Gasteiger charge is 2.05. The standard InChI is InChI=1S/C17H18N2O2/c1-12(19)14-4-6-16(7-5-14)21-11-13-3-8-17(20-2)15(9-13)10-18/h3-9,12H,11,19H2,1-2H3. The van der Waals surface area contributed by atoms with E-state index in [9.17, 15) is 0 Å². The van der Waals surface area contributed by atoms with Crippen LogP contribution in [0.15, 0.2) is 42.5 Å². The van der Waals surface area contributed by atoms with Gasteiger partial charge in [0.2, 0.25) is 0 Å². The summed E-state index contributed by atoms with van der Waals surface area (Å²) < 4.78 is 10.8. The van der Waals surface area contributed by atoms with Crippen molar-refractivity contribution in [3.8, 4) is 17.6 Å². The molecule has 2 N–H and O–H groups in total. The third-order valence-corrected chi connectivity index (χ3v) is 3.20. The SMILES string of the molecule is COc1ccc(COc2ccc(C(C)N)cc2)cc1C#N. The maximum atomic E-state index is 9.06. The molecule has 2 rings (SSSR count). The van der Waals surface area contributed by atoms with Gasteiger partial charge < -0.3 is 15.2 Å². The van der Waals surface area contributed by atoms with Gasteiger partial charge in [-0.3, -0.25) is 0 Å². The number of nitrogens with two attached hydrogens (primary N) is 1. The average Bonchev–Trinajstić information content (AvgIpc) is 2.52. The smallest absolute Gasteiger partial charge is 0.136 e. The molecular weight excluding hydrogens is 264 g/mol.